The van der Waals surface area contributed by atoms with Crippen LogP contribution in [0.1, 0.15) is 41.7 Å². The number of fused-ring (bicyclic) bond motifs is 1. The number of hydrogen-bond acceptors (Lipinski definition) is 3. The Bertz CT molecular complexity index is 718. The fourth-order valence-corrected chi connectivity index (χ4v) is 3.78. The summed E-state index contributed by atoms with van der Waals surface area (Å²) in [5.74, 6) is 1.25. The Morgan fingerprint density at radius 3 is 2.83 bits per heavy atom. The number of carbonyl (C=O) groups excluding carboxylic acids is 1. The lowest BCUT2D eigenvalue weighted by Crippen LogP contribution is -2.30. The van der Waals surface area contributed by atoms with Crippen molar-refractivity contribution >= 4 is 17.7 Å². The third-order valence-electron chi connectivity index (χ3n) is 3.91. The van der Waals surface area contributed by atoms with Crippen LogP contribution in [0, 0.1) is 5.82 Å². The fourth-order valence-electron chi connectivity index (χ4n) is 2.68. The lowest BCUT2D eigenvalue weighted by Gasteiger charge is -2.26. The van der Waals surface area contributed by atoms with Gasteiger partial charge in [0.25, 0.3) is 5.91 Å². The van der Waals surface area contributed by atoms with E-state index in [1.807, 2.05) is 6.92 Å². The van der Waals surface area contributed by atoms with E-state index in [1.165, 1.54) is 12.1 Å². The van der Waals surface area contributed by atoms with Crippen molar-refractivity contribution in [2.45, 2.75) is 30.7 Å². The molecule has 3 nitrogen and oxygen atoms in total. The van der Waals surface area contributed by atoms with Crippen LogP contribution in [0.3, 0.4) is 0 Å². The van der Waals surface area contributed by atoms with Crippen LogP contribution in [0.15, 0.2) is 47.4 Å². The number of ether oxygens (including phenoxy) is 1. The average molecular weight is 345 g/mol. The molecule has 126 valence electrons. The lowest BCUT2D eigenvalue weighted by molar-refractivity contribution is 0.0935. The second-order valence-corrected chi connectivity index (χ2v) is 6.85. The normalized spacial score (nSPS) is 16.3. The highest BCUT2D eigenvalue weighted by Gasteiger charge is 2.23. The van der Waals surface area contributed by atoms with Crippen LogP contribution in [0.4, 0.5) is 4.39 Å². The van der Waals surface area contributed by atoms with Crippen molar-refractivity contribution in [1.29, 1.82) is 0 Å². The maximum absolute atomic E-state index is 13.5. The molecule has 5 heteroatoms. The van der Waals surface area contributed by atoms with Crippen molar-refractivity contribution in [3.8, 4) is 5.75 Å². The van der Waals surface area contributed by atoms with E-state index < -0.39 is 0 Å². The summed E-state index contributed by atoms with van der Waals surface area (Å²) >= 11 is 1.70. The Hall–Kier alpha value is -2.01. The Morgan fingerprint density at radius 2 is 2.08 bits per heavy atom. The van der Waals surface area contributed by atoms with Crippen molar-refractivity contribution < 1.29 is 13.9 Å². The Kier molecular flexibility index (Phi) is 5.41. The molecule has 0 aliphatic carbocycles. The van der Waals surface area contributed by atoms with Gasteiger partial charge in [0, 0.05) is 16.2 Å². The van der Waals surface area contributed by atoms with Gasteiger partial charge in [-0.25, -0.2) is 4.39 Å². The molecule has 2 aromatic carbocycles. The Balaban J connectivity index is 1.70. The molecule has 1 N–H and O–H groups in total. The largest absolute Gasteiger partial charge is 0.494 e. The van der Waals surface area contributed by atoms with E-state index in [0.29, 0.717) is 12.2 Å². The molecule has 24 heavy (non-hydrogen) atoms. The first-order valence-corrected chi connectivity index (χ1v) is 9.12. The Labute approximate surface area is 145 Å². The average Bonchev–Trinajstić information content (AvgIpc) is 2.61. The zero-order chi connectivity index (χ0) is 16.9. The quantitative estimate of drug-likeness (QED) is 0.862. The molecule has 1 atom stereocenters. The van der Waals surface area contributed by atoms with Gasteiger partial charge in [-0.05, 0) is 60.9 Å². The summed E-state index contributed by atoms with van der Waals surface area (Å²) in [4.78, 5) is 13.5. The summed E-state index contributed by atoms with van der Waals surface area (Å²) in [6.45, 7) is 2.71. The van der Waals surface area contributed by atoms with Gasteiger partial charge in [0.05, 0.1) is 12.6 Å². The van der Waals surface area contributed by atoms with Crippen LogP contribution >= 0.6 is 11.8 Å². The molecular formula is C19H20FNO2S. The van der Waals surface area contributed by atoms with E-state index in [1.54, 1.807) is 42.1 Å². The number of hydrogen-bond donors (Lipinski definition) is 1. The molecule has 2 aromatic rings. The molecular weight excluding hydrogens is 325 g/mol. The van der Waals surface area contributed by atoms with Crippen LogP contribution in [-0.4, -0.2) is 18.3 Å². The second kappa shape index (κ2) is 7.71. The monoisotopic (exact) mass is 345 g/mol. The molecule has 3 rings (SSSR count). The van der Waals surface area contributed by atoms with Gasteiger partial charge in [-0.3, -0.25) is 4.79 Å². The number of amides is 1. The summed E-state index contributed by atoms with van der Waals surface area (Å²) in [6.07, 6.45) is 1.74. The van der Waals surface area contributed by atoms with Gasteiger partial charge < -0.3 is 10.1 Å². The standard InChI is InChI=1S/C19H20FNO2S/c1-2-10-23-15-6-3-13(4-7-15)19(22)21-17-9-11-24-18-8-5-14(20)12-16(17)18/h3-8,12,17H,2,9-11H2,1H3,(H,21,22)/t17-/m1/s1. The molecule has 0 unspecified atom stereocenters. The minimum atomic E-state index is -0.270. The topological polar surface area (TPSA) is 38.3 Å². The molecule has 0 bridgehead atoms. The van der Waals surface area contributed by atoms with Crippen LogP contribution in [0.2, 0.25) is 0 Å². The molecule has 1 aliphatic rings. The molecule has 1 aliphatic heterocycles. The molecule has 0 aromatic heterocycles. The second-order valence-electron chi connectivity index (χ2n) is 5.72. The third kappa shape index (κ3) is 3.90. The molecule has 0 radical (unpaired) electrons. The van der Waals surface area contributed by atoms with Gasteiger partial charge in [0.1, 0.15) is 11.6 Å². The summed E-state index contributed by atoms with van der Waals surface area (Å²) in [7, 11) is 0. The zero-order valence-electron chi connectivity index (χ0n) is 13.5. The SMILES string of the molecule is CCCOc1ccc(C(=O)N[C@@H]2CCSc3ccc(F)cc32)cc1. The van der Waals surface area contributed by atoms with E-state index >= 15 is 0 Å². The minimum absolute atomic E-state index is 0.149. The molecule has 0 saturated carbocycles. The van der Waals surface area contributed by atoms with Gasteiger partial charge in [-0.15, -0.1) is 11.8 Å². The molecule has 0 spiro atoms. The number of benzene rings is 2. The molecule has 1 amide bonds. The number of rotatable bonds is 5. The van der Waals surface area contributed by atoms with Crippen molar-refractivity contribution in [3.05, 3.63) is 59.4 Å². The number of nitrogens with one attached hydrogen (secondary N) is 1. The predicted octanol–water partition coefficient (Wildman–Crippen LogP) is 4.58. The van der Waals surface area contributed by atoms with Crippen molar-refractivity contribution in [1.82, 2.24) is 5.32 Å². The molecule has 0 saturated heterocycles. The smallest absolute Gasteiger partial charge is 0.251 e. The Morgan fingerprint density at radius 1 is 1.29 bits per heavy atom. The highest BCUT2D eigenvalue weighted by atomic mass is 32.2. The first-order chi connectivity index (χ1) is 11.7. The van der Waals surface area contributed by atoms with E-state index in [4.69, 9.17) is 4.74 Å². The summed E-state index contributed by atoms with van der Waals surface area (Å²) < 4.78 is 19.1. The van der Waals surface area contributed by atoms with Gasteiger partial charge in [0.15, 0.2) is 0 Å². The zero-order valence-corrected chi connectivity index (χ0v) is 14.4. The van der Waals surface area contributed by atoms with E-state index in [-0.39, 0.29) is 17.8 Å². The number of halogens is 1. The van der Waals surface area contributed by atoms with E-state index in [9.17, 15) is 9.18 Å². The predicted molar refractivity (Wildman–Crippen MR) is 94.2 cm³/mol. The highest BCUT2D eigenvalue weighted by Crippen LogP contribution is 2.36. The minimum Gasteiger partial charge on any atom is -0.494 e. The lowest BCUT2D eigenvalue weighted by atomic mass is 10.0. The van der Waals surface area contributed by atoms with Gasteiger partial charge in [0.2, 0.25) is 0 Å². The van der Waals surface area contributed by atoms with Gasteiger partial charge >= 0.3 is 0 Å². The van der Waals surface area contributed by atoms with Crippen LogP contribution in [-0.2, 0) is 0 Å². The summed E-state index contributed by atoms with van der Waals surface area (Å²) in [5.41, 5.74) is 1.44. The van der Waals surface area contributed by atoms with Crippen molar-refractivity contribution in [3.63, 3.8) is 0 Å². The first-order valence-electron chi connectivity index (χ1n) is 8.13. The maximum atomic E-state index is 13.5. The molecule has 1 heterocycles. The molecule has 0 fully saturated rings. The van der Waals surface area contributed by atoms with Gasteiger partial charge in [-0.1, -0.05) is 6.92 Å². The van der Waals surface area contributed by atoms with E-state index in [2.05, 4.69) is 5.32 Å². The summed E-state index contributed by atoms with van der Waals surface area (Å²) in [5, 5.41) is 3.02. The van der Waals surface area contributed by atoms with Crippen molar-refractivity contribution in [2.75, 3.05) is 12.4 Å². The first kappa shape index (κ1) is 16.8. The van der Waals surface area contributed by atoms with Crippen LogP contribution < -0.4 is 10.1 Å². The third-order valence-corrected chi connectivity index (χ3v) is 5.03. The van der Waals surface area contributed by atoms with Crippen molar-refractivity contribution in [2.24, 2.45) is 0 Å². The maximum Gasteiger partial charge on any atom is 0.251 e. The number of thioether (sulfide) groups is 1. The van der Waals surface area contributed by atoms with Gasteiger partial charge in [-0.2, -0.15) is 0 Å². The van der Waals surface area contributed by atoms with Crippen LogP contribution in [0.5, 0.6) is 5.75 Å². The van der Waals surface area contributed by atoms with Crippen LogP contribution in [0.25, 0.3) is 0 Å². The fraction of sp³-hybridized carbons (Fsp3) is 0.316. The summed E-state index contributed by atoms with van der Waals surface area (Å²) in [6, 6.07) is 11.7. The highest BCUT2D eigenvalue weighted by molar-refractivity contribution is 7.99. The number of carbonyl (C=O) groups is 1. The van der Waals surface area contributed by atoms with E-state index in [0.717, 1.165) is 34.8 Å².